The van der Waals surface area contributed by atoms with Crippen LogP contribution in [0.25, 0.3) is 11.0 Å². The summed E-state index contributed by atoms with van der Waals surface area (Å²) in [6.07, 6.45) is 1.61. The Morgan fingerprint density at radius 2 is 2.40 bits per heavy atom. The van der Waals surface area contributed by atoms with Crippen LogP contribution in [0.15, 0.2) is 24.3 Å². The van der Waals surface area contributed by atoms with Crippen LogP contribution in [0.3, 0.4) is 0 Å². The molecule has 0 spiro atoms. The normalized spacial score (nSPS) is 20.1. The lowest BCUT2D eigenvalue weighted by Gasteiger charge is -2.17. The van der Waals surface area contributed by atoms with Gasteiger partial charge in [-0.05, 0) is 25.0 Å². The van der Waals surface area contributed by atoms with Crippen molar-refractivity contribution in [3.8, 4) is 0 Å². The van der Waals surface area contributed by atoms with Gasteiger partial charge in [-0.2, -0.15) is 0 Å². The molecule has 1 aliphatic rings. The van der Waals surface area contributed by atoms with Gasteiger partial charge in [0.25, 0.3) is 0 Å². The van der Waals surface area contributed by atoms with E-state index in [9.17, 15) is 4.79 Å². The lowest BCUT2D eigenvalue weighted by Crippen LogP contribution is -2.34. The van der Waals surface area contributed by atoms with E-state index in [-0.39, 0.29) is 17.9 Å². The van der Waals surface area contributed by atoms with Crippen LogP contribution in [0, 0.1) is 5.92 Å². The molecule has 20 heavy (non-hydrogen) atoms. The molecule has 1 fully saturated rings. The summed E-state index contributed by atoms with van der Waals surface area (Å²) in [5.74, 6) is 0.865. The van der Waals surface area contributed by atoms with Gasteiger partial charge < -0.3 is 15.0 Å². The first-order valence-electron chi connectivity index (χ1n) is 7.10. The van der Waals surface area contributed by atoms with Gasteiger partial charge in [0.1, 0.15) is 5.82 Å². The van der Waals surface area contributed by atoms with Crippen LogP contribution in [0.2, 0.25) is 0 Å². The van der Waals surface area contributed by atoms with Gasteiger partial charge in [0.05, 0.1) is 29.6 Å². The minimum atomic E-state index is -0.0736. The van der Waals surface area contributed by atoms with Crippen molar-refractivity contribution in [1.82, 2.24) is 15.3 Å². The van der Waals surface area contributed by atoms with Crippen LogP contribution in [0.5, 0.6) is 0 Å². The maximum Gasteiger partial charge on any atom is 0.226 e. The monoisotopic (exact) mass is 273 g/mol. The van der Waals surface area contributed by atoms with Gasteiger partial charge in [0.15, 0.2) is 0 Å². The fourth-order valence-corrected chi connectivity index (χ4v) is 2.53. The van der Waals surface area contributed by atoms with Gasteiger partial charge >= 0.3 is 0 Å². The predicted octanol–water partition coefficient (Wildman–Crippen LogP) is 2.17. The Balaban J connectivity index is 1.76. The molecule has 2 N–H and O–H groups in total. The molecule has 2 heterocycles. The number of imidazole rings is 1. The Kier molecular flexibility index (Phi) is 3.69. The van der Waals surface area contributed by atoms with Gasteiger partial charge in [-0.25, -0.2) is 4.98 Å². The highest BCUT2D eigenvalue weighted by atomic mass is 16.5. The van der Waals surface area contributed by atoms with Crippen molar-refractivity contribution in [2.75, 3.05) is 13.2 Å². The number of carbonyl (C=O) groups excluding carboxylic acids is 1. The summed E-state index contributed by atoms with van der Waals surface area (Å²) in [5.41, 5.74) is 1.93. The van der Waals surface area contributed by atoms with Crippen molar-refractivity contribution in [3.63, 3.8) is 0 Å². The average molecular weight is 273 g/mol. The van der Waals surface area contributed by atoms with Crippen molar-refractivity contribution in [2.45, 2.75) is 25.8 Å². The molecule has 5 heteroatoms. The molecular weight excluding hydrogens is 254 g/mol. The number of fused-ring (bicyclic) bond motifs is 1. The molecule has 106 valence electrons. The average Bonchev–Trinajstić information content (AvgIpc) is 3.12. The molecule has 0 aliphatic carbocycles. The lowest BCUT2D eigenvalue weighted by molar-refractivity contribution is -0.125. The first-order chi connectivity index (χ1) is 9.78. The van der Waals surface area contributed by atoms with Crippen LogP contribution >= 0.6 is 0 Å². The standard InChI is InChI=1S/C15H19N3O2/c1-2-11(18-15(19)10-7-8-20-9-10)14-16-12-5-3-4-6-13(12)17-14/h3-6,10-11H,2,7-9H2,1H3,(H,16,17)(H,18,19). The van der Waals surface area contributed by atoms with E-state index in [2.05, 4.69) is 15.3 Å². The summed E-state index contributed by atoms with van der Waals surface area (Å²) in [7, 11) is 0. The van der Waals surface area contributed by atoms with Crippen LogP contribution in [-0.2, 0) is 9.53 Å². The number of para-hydroxylation sites is 2. The predicted molar refractivity (Wildman–Crippen MR) is 76.2 cm³/mol. The minimum Gasteiger partial charge on any atom is -0.381 e. The van der Waals surface area contributed by atoms with Gasteiger partial charge in [-0.15, -0.1) is 0 Å². The SMILES string of the molecule is CCC(NC(=O)C1CCOC1)c1nc2ccccc2[nH]1. The number of H-pyrrole nitrogens is 1. The Bertz CT molecular complexity index is 569. The van der Waals surface area contributed by atoms with E-state index in [0.29, 0.717) is 13.2 Å². The van der Waals surface area contributed by atoms with Gasteiger partial charge in [0.2, 0.25) is 5.91 Å². The van der Waals surface area contributed by atoms with E-state index >= 15 is 0 Å². The van der Waals surface area contributed by atoms with Crippen LogP contribution in [0.4, 0.5) is 0 Å². The maximum absolute atomic E-state index is 12.2. The molecule has 2 aromatic rings. The summed E-state index contributed by atoms with van der Waals surface area (Å²) >= 11 is 0. The number of carbonyl (C=O) groups is 1. The van der Waals surface area contributed by atoms with Crippen LogP contribution in [-0.4, -0.2) is 29.1 Å². The van der Waals surface area contributed by atoms with Crippen molar-refractivity contribution in [3.05, 3.63) is 30.1 Å². The fourth-order valence-electron chi connectivity index (χ4n) is 2.53. The number of amides is 1. The largest absolute Gasteiger partial charge is 0.381 e. The molecule has 3 rings (SSSR count). The second-order valence-electron chi connectivity index (χ2n) is 5.17. The summed E-state index contributed by atoms with van der Waals surface area (Å²) in [4.78, 5) is 20.0. The van der Waals surface area contributed by atoms with E-state index in [1.54, 1.807) is 0 Å². The number of rotatable bonds is 4. The second-order valence-corrected chi connectivity index (χ2v) is 5.17. The molecule has 0 saturated carbocycles. The quantitative estimate of drug-likeness (QED) is 0.897. The van der Waals surface area contributed by atoms with E-state index in [1.807, 2.05) is 31.2 Å². The fraction of sp³-hybridized carbons (Fsp3) is 0.467. The number of hydrogen-bond donors (Lipinski definition) is 2. The summed E-state index contributed by atoms with van der Waals surface area (Å²) in [6, 6.07) is 7.82. The number of hydrogen-bond acceptors (Lipinski definition) is 3. The molecule has 1 aromatic heterocycles. The highest BCUT2D eigenvalue weighted by Gasteiger charge is 2.26. The summed E-state index contributed by atoms with van der Waals surface area (Å²) in [6.45, 7) is 3.26. The third-order valence-electron chi connectivity index (χ3n) is 3.76. The van der Waals surface area contributed by atoms with E-state index in [1.165, 1.54) is 0 Å². The molecule has 2 unspecified atom stereocenters. The summed E-state index contributed by atoms with van der Waals surface area (Å²) < 4.78 is 5.26. The molecule has 0 radical (unpaired) electrons. The molecular formula is C15H19N3O2. The molecule has 1 saturated heterocycles. The van der Waals surface area contributed by atoms with E-state index in [4.69, 9.17) is 4.74 Å². The molecule has 1 aromatic carbocycles. The smallest absolute Gasteiger partial charge is 0.226 e. The van der Waals surface area contributed by atoms with Crippen LogP contribution < -0.4 is 5.32 Å². The zero-order valence-electron chi connectivity index (χ0n) is 11.6. The van der Waals surface area contributed by atoms with Crippen molar-refractivity contribution < 1.29 is 9.53 Å². The topological polar surface area (TPSA) is 67.0 Å². The molecule has 1 amide bonds. The first kappa shape index (κ1) is 13.1. The third kappa shape index (κ3) is 2.54. The Labute approximate surface area is 117 Å². The molecule has 0 bridgehead atoms. The maximum atomic E-state index is 12.2. The van der Waals surface area contributed by atoms with Gasteiger partial charge in [0, 0.05) is 6.61 Å². The van der Waals surface area contributed by atoms with E-state index in [0.717, 1.165) is 29.7 Å². The Morgan fingerprint density at radius 3 is 3.10 bits per heavy atom. The zero-order valence-corrected chi connectivity index (χ0v) is 11.6. The van der Waals surface area contributed by atoms with Crippen molar-refractivity contribution in [2.24, 2.45) is 5.92 Å². The van der Waals surface area contributed by atoms with Gasteiger partial charge in [-0.3, -0.25) is 4.79 Å². The number of ether oxygens (including phenoxy) is 1. The first-order valence-corrected chi connectivity index (χ1v) is 7.10. The number of nitrogens with one attached hydrogen (secondary N) is 2. The number of nitrogens with zero attached hydrogens (tertiary/aromatic N) is 1. The van der Waals surface area contributed by atoms with Gasteiger partial charge in [-0.1, -0.05) is 19.1 Å². The number of aromatic nitrogens is 2. The van der Waals surface area contributed by atoms with Crippen LogP contribution in [0.1, 0.15) is 31.6 Å². The zero-order chi connectivity index (χ0) is 13.9. The second kappa shape index (κ2) is 5.63. The third-order valence-corrected chi connectivity index (χ3v) is 3.76. The lowest BCUT2D eigenvalue weighted by atomic mass is 10.1. The molecule has 1 aliphatic heterocycles. The van der Waals surface area contributed by atoms with Crippen molar-refractivity contribution in [1.29, 1.82) is 0 Å². The number of aromatic amines is 1. The highest BCUT2D eigenvalue weighted by molar-refractivity contribution is 5.80. The molecule has 2 atom stereocenters. The van der Waals surface area contributed by atoms with Crippen molar-refractivity contribution >= 4 is 16.9 Å². The molecule has 5 nitrogen and oxygen atoms in total. The Hall–Kier alpha value is -1.88. The Morgan fingerprint density at radius 1 is 1.55 bits per heavy atom. The summed E-state index contributed by atoms with van der Waals surface area (Å²) in [5, 5.41) is 3.07. The highest BCUT2D eigenvalue weighted by Crippen LogP contribution is 2.20. The number of benzene rings is 1. The van der Waals surface area contributed by atoms with E-state index < -0.39 is 0 Å². The minimum absolute atomic E-state index is 0.0200.